The number of nitrogens with one attached hydrogen (secondary N) is 1. The van der Waals surface area contributed by atoms with Crippen LogP contribution in [0.2, 0.25) is 0 Å². The Balaban J connectivity index is 1.73. The molecule has 1 saturated carbocycles. The van der Waals surface area contributed by atoms with Crippen molar-refractivity contribution in [3.05, 3.63) is 30.1 Å². The Labute approximate surface area is 114 Å². The van der Waals surface area contributed by atoms with Crippen molar-refractivity contribution in [2.24, 2.45) is 5.41 Å². The molecule has 0 aliphatic heterocycles. The van der Waals surface area contributed by atoms with Gasteiger partial charge in [0.1, 0.15) is 5.82 Å². The lowest BCUT2D eigenvalue weighted by atomic mass is 10.1. The number of carbonyl (C=O) groups excluding carboxylic acids is 1. The minimum atomic E-state index is -0.848. The van der Waals surface area contributed by atoms with Crippen LogP contribution in [-0.2, 0) is 9.59 Å². The van der Waals surface area contributed by atoms with Crippen LogP contribution >= 0.6 is 11.8 Å². The number of aliphatic carboxylic acids is 1. The lowest BCUT2D eigenvalue weighted by Gasteiger charge is -2.10. The second-order valence-corrected chi connectivity index (χ2v) is 5.65. The van der Waals surface area contributed by atoms with E-state index >= 15 is 0 Å². The normalized spacial score (nSPS) is 15.8. The van der Waals surface area contributed by atoms with Crippen molar-refractivity contribution in [3.8, 4) is 0 Å². The number of halogens is 1. The zero-order valence-electron chi connectivity index (χ0n) is 10.2. The summed E-state index contributed by atoms with van der Waals surface area (Å²) in [7, 11) is 0. The maximum atomic E-state index is 12.7. The van der Waals surface area contributed by atoms with Gasteiger partial charge in [-0.05, 0) is 37.1 Å². The van der Waals surface area contributed by atoms with Gasteiger partial charge in [-0.15, -0.1) is 11.8 Å². The molecule has 0 unspecified atom stereocenters. The van der Waals surface area contributed by atoms with Crippen LogP contribution in [-0.4, -0.2) is 29.3 Å². The number of hydrogen-bond acceptors (Lipinski definition) is 3. The number of carboxylic acid groups (broad SMARTS) is 1. The minimum Gasteiger partial charge on any atom is -0.481 e. The first-order valence-electron chi connectivity index (χ1n) is 5.90. The Morgan fingerprint density at radius 2 is 1.95 bits per heavy atom. The lowest BCUT2D eigenvalue weighted by Crippen LogP contribution is -2.35. The molecule has 1 amide bonds. The molecule has 102 valence electrons. The summed E-state index contributed by atoms with van der Waals surface area (Å²) in [6.45, 7) is 0.186. The molecule has 0 heterocycles. The van der Waals surface area contributed by atoms with Crippen LogP contribution in [0.3, 0.4) is 0 Å². The van der Waals surface area contributed by atoms with E-state index in [0.29, 0.717) is 12.8 Å². The Bertz CT molecular complexity index is 485. The van der Waals surface area contributed by atoms with Crippen molar-refractivity contribution in [2.45, 2.75) is 17.7 Å². The van der Waals surface area contributed by atoms with Gasteiger partial charge in [-0.25, -0.2) is 4.39 Å². The van der Waals surface area contributed by atoms with Crippen LogP contribution < -0.4 is 5.32 Å². The summed E-state index contributed by atoms with van der Waals surface area (Å²) in [5.74, 6) is -1.17. The number of amides is 1. The molecule has 2 rings (SSSR count). The number of carboxylic acids is 1. The van der Waals surface area contributed by atoms with E-state index in [0.717, 1.165) is 4.90 Å². The molecule has 0 saturated heterocycles. The van der Waals surface area contributed by atoms with Gasteiger partial charge >= 0.3 is 5.97 Å². The summed E-state index contributed by atoms with van der Waals surface area (Å²) in [6, 6.07) is 5.88. The van der Waals surface area contributed by atoms with Gasteiger partial charge in [-0.3, -0.25) is 9.59 Å². The monoisotopic (exact) mass is 283 g/mol. The SMILES string of the molecule is O=C(CSc1ccc(F)cc1)NCC1(C(=O)O)CC1. The molecule has 0 aromatic heterocycles. The Morgan fingerprint density at radius 3 is 2.47 bits per heavy atom. The number of thioether (sulfide) groups is 1. The highest BCUT2D eigenvalue weighted by molar-refractivity contribution is 8.00. The van der Waals surface area contributed by atoms with Gasteiger partial charge in [0, 0.05) is 11.4 Å². The molecule has 1 aliphatic rings. The van der Waals surface area contributed by atoms with Gasteiger partial charge in [0.15, 0.2) is 0 Å². The van der Waals surface area contributed by atoms with Gasteiger partial charge in [0.25, 0.3) is 0 Å². The Kier molecular flexibility index (Phi) is 4.09. The van der Waals surface area contributed by atoms with Gasteiger partial charge in [-0.1, -0.05) is 0 Å². The van der Waals surface area contributed by atoms with Crippen molar-refractivity contribution < 1.29 is 19.1 Å². The number of hydrogen-bond donors (Lipinski definition) is 2. The molecule has 1 aromatic carbocycles. The second-order valence-electron chi connectivity index (χ2n) is 4.60. The zero-order valence-corrected chi connectivity index (χ0v) is 11.0. The first-order chi connectivity index (χ1) is 9.02. The van der Waals surface area contributed by atoms with Crippen LogP contribution in [0.4, 0.5) is 4.39 Å². The Morgan fingerprint density at radius 1 is 1.32 bits per heavy atom. The summed E-state index contributed by atoms with van der Waals surface area (Å²) >= 11 is 1.29. The first kappa shape index (κ1) is 13.9. The van der Waals surface area contributed by atoms with Gasteiger partial charge < -0.3 is 10.4 Å². The summed E-state index contributed by atoms with van der Waals surface area (Å²) in [6.07, 6.45) is 1.24. The average molecular weight is 283 g/mol. The highest BCUT2D eigenvalue weighted by Crippen LogP contribution is 2.45. The fourth-order valence-corrected chi connectivity index (χ4v) is 2.34. The largest absolute Gasteiger partial charge is 0.481 e. The topological polar surface area (TPSA) is 66.4 Å². The molecular weight excluding hydrogens is 269 g/mol. The van der Waals surface area contributed by atoms with Crippen LogP contribution in [0.25, 0.3) is 0 Å². The average Bonchev–Trinajstić information content (AvgIpc) is 3.17. The van der Waals surface area contributed by atoms with Crippen molar-refractivity contribution in [1.29, 1.82) is 0 Å². The molecule has 2 N–H and O–H groups in total. The molecule has 4 nitrogen and oxygen atoms in total. The lowest BCUT2D eigenvalue weighted by molar-refractivity contribution is -0.143. The third-order valence-corrected chi connectivity index (χ3v) is 4.13. The number of benzene rings is 1. The molecule has 0 bridgehead atoms. The fraction of sp³-hybridized carbons (Fsp3) is 0.385. The predicted molar refractivity (Wildman–Crippen MR) is 69.4 cm³/mol. The van der Waals surface area contributed by atoms with Crippen molar-refractivity contribution >= 4 is 23.6 Å². The van der Waals surface area contributed by atoms with E-state index in [4.69, 9.17) is 5.11 Å². The van der Waals surface area contributed by atoms with E-state index in [1.54, 1.807) is 12.1 Å². The van der Waals surface area contributed by atoms with Gasteiger partial charge in [-0.2, -0.15) is 0 Å². The minimum absolute atomic E-state index is 0.186. The molecule has 6 heteroatoms. The molecule has 1 fully saturated rings. The van der Waals surface area contributed by atoms with Crippen LogP contribution in [0, 0.1) is 11.2 Å². The molecule has 0 radical (unpaired) electrons. The summed E-state index contributed by atoms with van der Waals surface area (Å²) in [5, 5.41) is 11.6. The molecule has 19 heavy (non-hydrogen) atoms. The quantitative estimate of drug-likeness (QED) is 0.783. The number of carbonyl (C=O) groups is 2. The first-order valence-corrected chi connectivity index (χ1v) is 6.89. The Hall–Kier alpha value is -1.56. The summed E-state index contributed by atoms with van der Waals surface area (Å²) in [5.41, 5.74) is -0.740. The molecule has 0 atom stereocenters. The molecule has 1 aromatic rings. The highest BCUT2D eigenvalue weighted by Gasteiger charge is 2.50. The van der Waals surface area contributed by atoms with Crippen molar-refractivity contribution in [3.63, 3.8) is 0 Å². The molecule has 1 aliphatic carbocycles. The van der Waals surface area contributed by atoms with Gasteiger partial charge in [0.2, 0.25) is 5.91 Å². The third-order valence-electron chi connectivity index (χ3n) is 3.11. The second kappa shape index (κ2) is 5.61. The fourth-order valence-electron chi connectivity index (χ4n) is 1.62. The maximum Gasteiger partial charge on any atom is 0.311 e. The zero-order chi connectivity index (χ0) is 13.9. The van der Waals surface area contributed by atoms with Crippen LogP contribution in [0.1, 0.15) is 12.8 Å². The number of rotatable bonds is 6. The van der Waals surface area contributed by atoms with E-state index in [1.807, 2.05) is 0 Å². The smallest absolute Gasteiger partial charge is 0.311 e. The van der Waals surface area contributed by atoms with E-state index in [1.165, 1.54) is 23.9 Å². The van der Waals surface area contributed by atoms with E-state index in [2.05, 4.69) is 5.32 Å². The van der Waals surface area contributed by atoms with Gasteiger partial charge in [0.05, 0.1) is 11.2 Å². The van der Waals surface area contributed by atoms with E-state index in [9.17, 15) is 14.0 Å². The molecular formula is C13H14FNO3S. The van der Waals surface area contributed by atoms with Crippen molar-refractivity contribution in [2.75, 3.05) is 12.3 Å². The van der Waals surface area contributed by atoms with E-state index in [-0.39, 0.29) is 24.0 Å². The molecule has 0 spiro atoms. The standard InChI is InChI=1S/C13H14FNO3S/c14-9-1-3-10(4-2-9)19-7-11(16)15-8-13(5-6-13)12(17)18/h1-4H,5-8H2,(H,15,16)(H,17,18). The summed E-state index contributed by atoms with van der Waals surface area (Å²) < 4.78 is 12.7. The van der Waals surface area contributed by atoms with Crippen LogP contribution in [0.15, 0.2) is 29.2 Å². The van der Waals surface area contributed by atoms with E-state index < -0.39 is 11.4 Å². The summed E-state index contributed by atoms with van der Waals surface area (Å²) in [4.78, 5) is 23.3. The van der Waals surface area contributed by atoms with Crippen molar-refractivity contribution in [1.82, 2.24) is 5.32 Å². The highest BCUT2D eigenvalue weighted by atomic mass is 32.2. The predicted octanol–water partition coefficient (Wildman–Crippen LogP) is 1.90. The van der Waals surface area contributed by atoms with Crippen LogP contribution in [0.5, 0.6) is 0 Å². The third kappa shape index (κ3) is 3.70. The maximum absolute atomic E-state index is 12.7.